The standard InChI is InChI=1S/C14H18N2O2S/c1-19-12-5-3-2-4-11(12)14(18)16-8-6-10(7-9-16)13(15)17/h2-5,10H,6-9H2,1H3,(H2,15,17). The minimum Gasteiger partial charge on any atom is -0.369 e. The van der Waals surface area contributed by atoms with Crippen LogP contribution in [0.3, 0.4) is 0 Å². The van der Waals surface area contributed by atoms with Crippen molar-refractivity contribution in [1.82, 2.24) is 4.90 Å². The highest BCUT2D eigenvalue weighted by Gasteiger charge is 2.27. The molecule has 4 nitrogen and oxygen atoms in total. The Hall–Kier alpha value is -1.49. The Labute approximate surface area is 117 Å². The van der Waals surface area contributed by atoms with Crippen molar-refractivity contribution in [2.75, 3.05) is 19.3 Å². The van der Waals surface area contributed by atoms with E-state index >= 15 is 0 Å². The Morgan fingerprint density at radius 2 is 1.89 bits per heavy atom. The summed E-state index contributed by atoms with van der Waals surface area (Å²) in [6.07, 6.45) is 3.30. The summed E-state index contributed by atoms with van der Waals surface area (Å²) >= 11 is 1.57. The quantitative estimate of drug-likeness (QED) is 0.857. The van der Waals surface area contributed by atoms with E-state index in [0.29, 0.717) is 25.9 Å². The first kappa shape index (κ1) is 13.9. The molecule has 5 heteroatoms. The van der Waals surface area contributed by atoms with E-state index in [2.05, 4.69) is 0 Å². The van der Waals surface area contributed by atoms with Crippen molar-refractivity contribution < 1.29 is 9.59 Å². The number of likely N-dealkylation sites (tertiary alicyclic amines) is 1. The van der Waals surface area contributed by atoms with Crippen LogP contribution in [0, 0.1) is 5.92 Å². The zero-order chi connectivity index (χ0) is 13.8. The molecule has 19 heavy (non-hydrogen) atoms. The molecule has 0 radical (unpaired) electrons. The highest BCUT2D eigenvalue weighted by atomic mass is 32.2. The zero-order valence-electron chi connectivity index (χ0n) is 11.0. The number of nitrogens with two attached hydrogens (primary N) is 1. The van der Waals surface area contributed by atoms with Crippen LogP contribution in [0.15, 0.2) is 29.2 Å². The third-order valence-electron chi connectivity index (χ3n) is 3.52. The van der Waals surface area contributed by atoms with Crippen LogP contribution in [0.25, 0.3) is 0 Å². The van der Waals surface area contributed by atoms with Gasteiger partial charge in [0, 0.05) is 23.9 Å². The van der Waals surface area contributed by atoms with Crippen molar-refractivity contribution >= 4 is 23.6 Å². The Morgan fingerprint density at radius 3 is 2.47 bits per heavy atom. The van der Waals surface area contributed by atoms with Crippen molar-refractivity contribution in [2.24, 2.45) is 11.7 Å². The van der Waals surface area contributed by atoms with Gasteiger partial charge in [-0.05, 0) is 31.2 Å². The van der Waals surface area contributed by atoms with Gasteiger partial charge < -0.3 is 10.6 Å². The van der Waals surface area contributed by atoms with E-state index in [-0.39, 0.29) is 17.7 Å². The number of hydrogen-bond acceptors (Lipinski definition) is 3. The van der Waals surface area contributed by atoms with Crippen LogP contribution >= 0.6 is 11.8 Å². The van der Waals surface area contributed by atoms with Crippen LogP contribution in [0.4, 0.5) is 0 Å². The first-order valence-electron chi connectivity index (χ1n) is 6.35. The maximum Gasteiger partial charge on any atom is 0.254 e. The summed E-state index contributed by atoms with van der Waals surface area (Å²) in [6, 6.07) is 7.62. The fraction of sp³-hybridized carbons (Fsp3) is 0.429. The fourth-order valence-electron chi connectivity index (χ4n) is 2.36. The summed E-state index contributed by atoms with van der Waals surface area (Å²) in [6.45, 7) is 1.21. The number of benzene rings is 1. The number of carbonyl (C=O) groups excluding carboxylic acids is 2. The Bertz CT molecular complexity index is 482. The van der Waals surface area contributed by atoms with E-state index in [1.54, 1.807) is 11.8 Å². The molecule has 2 rings (SSSR count). The second kappa shape index (κ2) is 6.10. The fourth-order valence-corrected chi connectivity index (χ4v) is 2.95. The summed E-state index contributed by atoms with van der Waals surface area (Å²) in [7, 11) is 0. The molecule has 1 aromatic rings. The third-order valence-corrected chi connectivity index (χ3v) is 4.32. The Balaban J connectivity index is 2.07. The number of hydrogen-bond donors (Lipinski definition) is 1. The highest BCUT2D eigenvalue weighted by molar-refractivity contribution is 7.98. The monoisotopic (exact) mass is 278 g/mol. The minimum atomic E-state index is -0.253. The number of thioether (sulfide) groups is 1. The van der Waals surface area contributed by atoms with Gasteiger partial charge in [-0.15, -0.1) is 11.8 Å². The lowest BCUT2D eigenvalue weighted by Crippen LogP contribution is -2.41. The van der Waals surface area contributed by atoms with Crippen LogP contribution < -0.4 is 5.73 Å². The molecule has 102 valence electrons. The molecule has 0 aromatic heterocycles. The average Bonchev–Trinajstić information content (AvgIpc) is 2.46. The largest absolute Gasteiger partial charge is 0.369 e. The molecule has 1 saturated heterocycles. The molecule has 0 unspecified atom stereocenters. The van der Waals surface area contributed by atoms with E-state index in [9.17, 15) is 9.59 Å². The van der Waals surface area contributed by atoms with E-state index in [1.165, 1.54) is 0 Å². The van der Waals surface area contributed by atoms with Crippen molar-refractivity contribution in [2.45, 2.75) is 17.7 Å². The Kier molecular flexibility index (Phi) is 4.47. The topological polar surface area (TPSA) is 63.4 Å². The predicted octanol–water partition coefficient (Wildman–Crippen LogP) is 1.75. The van der Waals surface area contributed by atoms with Gasteiger partial charge >= 0.3 is 0 Å². The highest BCUT2D eigenvalue weighted by Crippen LogP contribution is 2.24. The molecule has 0 aliphatic carbocycles. The Morgan fingerprint density at radius 1 is 1.26 bits per heavy atom. The second-order valence-corrected chi connectivity index (χ2v) is 5.52. The number of rotatable bonds is 3. The first-order chi connectivity index (χ1) is 9.13. The molecular formula is C14H18N2O2S. The summed E-state index contributed by atoms with van der Waals surface area (Å²) in [5, 5.41) is 0. The normalized spacial score (nSPS) is 16.4. The maximum atomic E-state index is 12.5. The van der Waals surface area contributed by atoms with Gasteiger partial charge in [0.25, 0.3) is 5.91 Å². The molecule has 1 aliphatic heterocycles. The lowest BCUT2D eigenvalue weighted by molar-refractivity contribution is -0.123. The molecule has 1 heterocycles. The third kappa shape index (κ3) is 3.10. The summed E-state index contributed by atoms with van der Waals surface area (Å²) in [5.41, 5.74) is 6.04. The van der Waals surface area contributed by atoms with Gasteiger partial charge in [0.05, 0.1) is 5.56 Å². The molecule has 0 saturated carbocycles. The lowest BCUT2D eigenvalue weighted by Gasteiger charge is -2.31. The van der Waals surface area contributed by atoms with Crippen molar-refractivity contribution in [3.8, 4) is 0 Å². The van der Waals surface area contributed by atoms with Crippen molar-refractivity contribution in [3.05, 3.63) is 29.8 Å². The second-order valence-electron chi connectivity index (χ2n) is 4.67. The molecule has 2 amide bonds. The van der Waals surface area contributed by atoms with Gasteiger partial charge in [-0.2, -0.15) is 0 Å². The van der Waals surface area contributed by atoms with Gasteiger partial charge in [0.2, 0.25) is 5.91 Å². The number of amides is 2. The van der Waals surface area contributed by atoms with Gasteiger partial charge in [-0.3, -0.25) is 9.59 Å². The van der Waals surface area contributed by atoms with Crippen molar-refractivity contribution in [3.63, 3.8) is 0 Å². The number of nitrogens with zero attached hydrogens (tertiary/aromatic N) is 1. The first-order valence-corrected chi connectivity index (χ1v) is 7.57. The zero-order valence-corrected chi connectivity index (χ0v) is 11.8. The summed E-state index contributed by atoms with van der Waals surface area (Å²) < 4.78 is 0. The van der Waals surface area contributed by atoms with E-state index < -0.39 is 0 Å². The molecular weight excluding hydrogens is 260 g/mol. The summed E-state index contributed by atoms with van der Waals surface area (Å²) in [4.78, 5) is 26.4. The van der Waals surface area contributed by atoms with Crippen LogP contribution in [0.2, 0.25) is 0 Å². The molecule has 1 aliphatic rings. The molecule has 0 bridgehead atoms. The van der Waals surface area contributed by atoms with Gasteiger partial charge in [0.1, 0.15) is 0 Å². The maximum absolute atomic E-state index is 12.5. The van der Waals surface area contributed by atoms with Crippen LogP contribution in [0.1, 0.15) is 23.2 Å². The SMILES string of the molecule is CSc1ccccc1C(=O)N1CCC(C(N)=O)CC1. The molecule has 0 atom stereocenters. The van der Waals surface area contributed by atoms with Gasteiger partial charge in [-0.25, -0.2) is 0 Å². The molecule has 0 spiro atoms. The predicted molar refractivity (Wildman–Crippen MR) is 76.0 cm³/mol. The van der Waals surface area contributed by atoms with E-state index in [4.69, 9.17) is 5.73 Å². The van der Waals surface area contributed by atoms with E-state index in [0.717, 1.165) is 10.5 Å². The minimum absolute atomic E-state index is 0.0490. The lowest BCUT2D eigenvalue weighted by atomic mass is 9.96. The summed E-state index contributed by atoms with van der Waals surface area (Å²) in [5.74, 6) is -0.288. The molecule has 2 N–H and O–H groups in total. The number of carbonyl (C=O) groups is 2. The van der Waals surface area contributed by atoms with Gasteiger partial charge in [-0.1, -0.05) is 12.1 Å². The molecule has 1 fully saturated rings. The van der Waals surface area contributed by atoms with E-state index in [1.807, 2.05) is 35.4 Å². The average molecular weight is 278 g/mol. The molecule has 1 aromatic carbocycles. The number of primary amides is 1. The van der Waals surface area contributed by atoms with Crippen LogP contribution in [0.5, 0.6) is 0 Å². The van der Waals surface area contributed by atoms with Crippen molar-refractivity contribution in [1.29, 1.82) is 0 Å². The van der Waals surface area contributed by atoms with Gasteiger partial charge in [0.15, 0.2) is 0 Å². The number of piperidine rings is 1. The van der Waals surface area contributed by atoms with Crippen LogP contribution in [-0.2, 0) is 4.79 Å². The smallest absolute Gasteiger partial charge is 0.254 e. The van der Waals surface area contributed by atoms with Crippen LogP contribution in [-0.4, -0.2) is 36.1 Å².